The van der Waals surface area contributed by atoms with Crippen molar-refractivity contribution in [2.75, 3.05) is 0 Å². The van der Waals surface area contributed by atoms with E-state index in [1.165, 1.54) is 13.0 Å². The Morgan fingerprint density at radius 3 is 2.64 bits per heavy atom. The summed E-state index contributed by atoms with van der Waals surface area (Å²) in [6.45, 7) is 5.08. The summed E-state index contributed by atoms with van der Waals surface area (Å²) in [5.41, 5.74) is 0.281. The third-order valence-corrected chi connectivity index (χ3v) is 5.06. The summed E-state index contributed by atoms with van der Waals surface area (Å²) < 4.78 is 38.4. The minimum Gasteiger partial charge on any atom is -0.483 e. The van der Waals surface area contributed by atoms with Crippen LogP contribution in [-0.4, -0.2) is 26.0 Å². The van der Waals surface area contributed by atoms with Gasteiger partial charge in [-0.1, -0.05) is 0 Å². The largest absolute Gasteiger partial charge is 0.483 e. The normalized spacial score (nSPS) is 19.4. The van der Waals surface area contributed by atoms with Crippen molar-refractivity contribution in [2.24, 2.45) is 0 Å². The standard InChI is InChI=1S/C15H19NO5S/c1-9(17)20-13-7-12(22(18,19)16-11-4-5-11)6-10-8-15(2,3)21-14(10)13/h6-7,11,16H,4-5,8H2,1-3H3. The quantitative estimate of drug-likeness (QED) is 0.674. The van der Waals surface area contributed by atoms with E-state index >= 15 is 0 Å². The van der Waals surface area contributed by atoms with Crippen LogP contribution in [0.5, 0.6) is 11.5 Å². The lowest BCUT2D eigenvalue weighted by molar-refractivity contribution is -0.132. The summed E-state index contributed by atoms with van der Waals surface area (Å²) in [5, 5.41) is 0. The third kappa shape index (κ3) is 3.10. The van der Waals surface area contributed by atoms with Gasteiger partial charge in [-0.2, -0.15) is 0 Å². The first-order chi connectivity index (χ1) is 10.2. The first-order valence-electron chi connectivity index (χ1n) is 7.23. The molecule has 2 aliphatic rings. The van der Waals surface area contributed by atoms with E-state index in [1.807, 2.05) is 13.8 Å². The summed E-state index contributed by atoms with van der Waals surface area (Å²) >= 11 is 0. The zero-order chi connectivity index (χ0) is 16.1. The minimum absolute atomic E-state index is 0.0168. The van der Waals surface area contributed by atoms with Crippen molar-refractivity contribution in [3.8, 4) is 11.5 Å². The fourth-order valence-corrected chi connectivity index (χ4v) is 3.89. The maximum Gasteiger partial charge on any atom is 0.308 e. The van der Waals surface area contributed by atoms with Crippen LogP contribution in [0.1, 0.15) is 39.2 Å². The fourth-order valence-electron chi connectivity index (χ4n) is 2.52. The Bertz CT molecular complexity index is 735. The predicted molar refractivity (Wildman–Crippen MR) is 79.5 cm³/mol. The summed E-state index contributed by atoms with van der Waals surface area (Å²) in [4.78, 5) is 11.4. The summed E-state index contributed by atoms with van der Waals surface area (Å²) in [5.74, 6) is 0.0949. The van der Waals surface area contributed by atoms with Crippen molar-refractivity contribution < 1.29 is 22.7 Å². The number of ether oxygens (including phenoxy) is 2. The van der Waals surface area contributed by atoms with Crippen molar-refractivity contribution in [1.82, 2.24) is 4.72 Å². The van der Waals surface area contributed by atoms with Crippen LogP contribution in [0.4, 0.5) is 0 Å². The third-order valence-electron chi connectivity index (χ3n) is 3.56. The molecule has 0 radical (unpaired) electrons. The molecule has 0 unspecified atom stereocenters. The lowest BCUT2D eigenvalue weighted by Crippen LogP contribution is -2.26. The lowest BCUT2D eigenvalue weighted by Gasteiger charge is -2.17. The number of carbonyl (C=O) groups excluding carboxylic acids is 1. The molecule has 22 heavy (non-hydrogen) atoms. The molecule has 120 valence electrons. The zero-order valence-electron chi connectivity index (χ0n) is 12.8. The zero-order valence-corrected chi connectivity index (χ0v) is 13.6. The number of fused-ring (bicyclic) bond motifs is 1. The van der Waals surface area contributed by atoms with Gasteiger partial charge in [0.2, 0.25) is 10.0 Å². The van der Waals surface area contributed by atoms with Crippen molar-refractivity contribution in [1.29, 1.82) is 0 Å². The summed E-state index contributed by atoms with van der Waals surface area (Å²) in [6, 6.07) is 2.97. The topological polar surface area (TPSA) is 81.7 Å². The van der Waals surface area contributed by atoms with E-state index < -0.39 is 21.6 Å². The van der Waals surface area contributed by atoms with Gasteiger partial charge in [0.05, 0.1) is 4.90 Å². The van der Waals surface area contributed by atoms with Gasteiger partial charge >= 0.3 is 5.97 Å². The Balaban J connectivity index is 2.04. The van der Waals surface area contributed by atoms with Crippen LogP contribution in [0.3, 0.4) is 0 Å². The average molecular weight is 325 g/mol. The highest BCUT2D eigenvalue weighted by Crippen LogP contribution is 2.43. The number of esters is 1. The van der Waals surface area contributed by atoms with Crippen LogP contribution in [-0.2, 0) is 21.2 Å². The number of carbonyl (C=O) groups is 1. The molecule has 1 heterocycles. The number of rotatable bonds is 4. The van der Waals surface area contributed by atoms with Crippen molar-refractivity contribution in [2.45, 2.75) is 56.6 Å². The number of sulfonamides is 1. The molecule has 1 N–H and O–H groups in total. The van der Waals surface area contributed by atoms with Gasteiger partial charge in [0, 0.05) is 31.0 Å². The SMILES string of the molecule is CC(=O)Oc1cc(S(=O)(=O)NC2CC2)cc2c1OC(C)(C)C2. The van der Waals surface area contributed by atoms with E-state index in [9.17, 15) is 13.2 Å². The Morgan fingerprint density at radius 2 is 2.05 bits per heavy atom. The van der Waals surface area contributed by atoms with Crippen LogP contribution in [0, 0.1) is 0 Å². The molecule has 0 spiro atoms. The van der Waals surface area contributed by atoms with Crippen molar-refractivity contribution in [3.05, 3.63) is 17.7 Å². The molecule has 1 fully saturated rings. The Hall–Kier alpha value is -1.60. The van der Waals surface area contributed by atoms with E-state index in [0.717, 1.165) is 18.4 Å². The summed E-state index contributed by atoms with van der Waals surface area (Å²) in [6.07, 6.45) is 2.28. The molecule has 1 saturated carbocycles. The predicted octanol–water partition coefficient (Wildman–Crippen LogP) is 1.77. The van der Waals surface area contributed by atoms with E-state index in [0.29, 0.717) is 12.2 Å². The highest BCUT2D eigenvalue weighted by molar-refractivity contribution is 7.89. The molecule has 1 aliphatic carbocycles. The van der Waals surface area contributed by atoms with Gasteiger partial charge in [0.15, 0.2) is 11.5 Å². The molecule has 0 atom stereocenters. The van der Waals surface area contributed by atoms with Gasteiger partial charge in [-0.3, -0.25) is 4.79 Å². The molecule has 7 heteroatoms. The molecule has 0 saturated heterocycles. The number of nitrogens with one attached hydrogen (secondary N) is 1. The van der Waals surface area contributed by atoms with E-state index in [1.54, 1.807) is 6.07 Å². The lowest BCUT2D eigenvalue weighted by atomic mass is 10.0. The Kier molecular flexibility index (Phi) is 3.45. The highest BCUT2D eigenvalue weighted by atomic mass is 32.2. The molecule has 1 aromatic carbocycles. The monoisotopic (exact) mass is 325 g/mol. The molecular formula is C15H19NO5S. The van der Waals surface area contributed by atoms with E-state index in [-0.39, 0.29) is 16.7 Å². The van der Waals surface area contributed by atoms with E-state index in [4.69, 9.17) is 9.47 Å². The van der Waals surface area contributed by atoms with E-state index in [2.05, 4.69) is 4.72 Å². The van der Waals surface area contributed by atoms with Crippen molar-refractivity contribution >= 4 is 16.0 Å². The minimum atomic E-state index is -3.61. The molecule has 0 amide bonds. The Morgan fingerprint density at radius 1 is 1.36 bits per heavy atom. The number of hydrogen-bond donors (Lipinski definition) is 1. The molecule has 1 aliphatic heterocycles. The second-order valence-corrected chi connectivity index (χ2v) is 8.15. The first-order valence-corrected chi connectivity index (χ1v) is 8.71. The molecule has 3 rings (SSSR count). The van der Waals surface area contributed by atoms with Gasteiger partial charge in [-0.25, -0.2) is 13.1 Å². The van der Waals surface area contributed by atoms with Crippen LogP contribution in [0.15, 0.2) is 17.0 Å². The number of benzene rings is 1. The average Bonchev–Trinajstić information content (AvgIpc) is 3.08. The Labute approximate surface area is 129 Å². The van der Waals surface area contributed by atoms with Crippen LogP contribution in [0.2, 0.25) is 0 Å². The molecule has 1 aromatic rings. The van der Waals surface area contributed by atoms with Crippen LogP contribution < -0.4 is 14.2 Å². The highest BCUT2D eigenvalue weighted by Gasteiger charge is 2.36. The summed E-state index contributed by atoms with van der Waals surface area (Å²) in [7, 11) is -3.61. The van der Waals surface area contributed by atoms with Gasteiger partial charge in [-0.15, -0.1) is 0 Å². The molecule has 6 nitrogen and oxygen atoms in total. The second-order valence-electron chi connectivity index (χ2n) is 6.44. The molecule has 0 bridgehead atoms. The van der Waals surface area contributed by atoms with Crippen molar-refractivity contribution in [3.63, 3.8) is 0 Å². The smallest absolute Gasteiger partial charge is 0.308 e. The van der Waals surface area contributed by atoms with Crippen LogP contribution in [0.25, 0.3) is 0 Å². The maximum atomic E-state index is 12.4. The van der Waals surface area contributed by atoms with Gasteiger partial charge in [0.1, 0.15) is 5.60 Å². The fraction of sp³-hybridized carbons (Fsp3) is 0.533. The van der Waals surface area contributed by atoms with Crippen LogP contribution >= 0.6 is 0 Å². The maximum absolute atomic E-state index is 12.4. The first kappa shape index (κ1) is 15.3. The number of hydrogen-bond acceptors (Lipinski definition) is 5. The van der Waals surface area contributed by atoms with Gasteiger partial charge in [-0.05, 0) is 32.8 Å². The second kappa shape index (κ2) is 4.96. The molecular weight excluding hydrogens is 306 g/mol. The van der Waals surface area contributed by atoms with Gasteiger partial charge in [0.25, 0.3) is 0 Å². The van der Waals surface area contributed by atoms with Gasteiger partial charge < -0.3 is 9.47 Å². The molecule has 0 aromatic heterocycles.